The number of hydrogen-bond acceptors (Lipinski definition) is 8. The van der Waals surface area contributed by atoms with E-state index in [1.807, 2.05) is 25.8 Å². The third-order valence-corrected chi connectivity index (χ3v) is 11.1. The van der Waals surface area contributed by atoms with Gasteiger partial charge in [-0.3, -0.25) is 14.4 Å². The molecule has 1 aliphatic heterocycles. The molecular formula is C34H44F3N3O6S2. The fourth-order valence-corrected chi connectivity index (χ4v) is 7.60. The average Bonchev–Trinajstić information content (AvgIpc) is 3.59. The molecule has 0 fully saturated rings. The quantitative estimate of drug-likeness (QED) is 0.261. The maximum absolute atomic E-state index is 14.3. The maximum atomic E-state index is 14.3. The van der Waals surface area contributed by atoms with E-state index in [1.165, 1.54) is 24.3 Å². The van der Waals surface area contributed by atoms with E-state index in [4.69, 9.17) is 9.47 Å². The van der Waals surface area contributed by atoms with Crippen LogP contribution in [0, 0.1) is 5.92 Å². The van der Waals surface area contributed by atoms with E-state index in [0.717, 1.165) is 41.9 Å². The minimum Gasteiger partial charge on any atom is -0.490 e. The number of nitrogens with one attached hydrogen (secondary N) is 1. The molecule has 3 aromatic rings. The van der Waals surface area contributed by atoms with Crippen LogP contribution in [0.2, 0.25) is 0 Å². The van der Waals surface area contributed by atoms with Crippen molar-refractivity contribution in [2.45, 2.75) is 75.2 Å². The lowest BCUT2D eigenvalue weighted by molar-refractivity contribution is -0.137. The summed E-state index contributed by atoms with van der Waals surface area (Å²) in [6.07, 6.45) is -2.73. The predicted molar refractivity (Wildman–Crippen MR) is 180 cm³/mol. The van der Waals surface area contributed by atoms with Crippen LogP contribution in [0.4, 0.5) is 18.9 Å². The van der Waals surface area contributed by atoms with Crippen LogP contribution in [0.3, 0.4) is 0 Å². The molecule has 0 saturated carbocycles. The van der Waals surface area contributed by atoms with Crippen molar-refractivity contribution >= 4 is 33.0 Å². The highest BCUT2D eigenvalue weighted by molar-refractivity contribution is 7.94. The van der Waals surface area contributed by atoms with Gasteiger partial charge in [0.25, 0.3) is 15.9 Å². The number of ether oxygens (including phenoxy) is 2. The van der Waals surface area contributed by atoms with Crippen molar-refractivity contribution in [3.8, 4) is 5.75 Å². The number of sulfonamides is 1. The van der Waals surface area contributed by atoms with Crippen molar-refractivity contribution in [1.82, 2.24) is 9.80 Å². The molecule has 0 radical (unpaired) electrons. The molecule has 0 aliphatic carbocycles. The van der Waals surface area contributed by atoms with Gasteiger partial charge in [0.1, 0.15) is 9.96 Å². The van der Waals surface area contributed by atoms with E-state index < -0.39 is 33.7 Å². The summed E-state index contributed by atoms with van der Waals surface area (Å²) in [5.74, 6) is -0.336. The third-order valence-electron chi connectivity index (χ3n) is 8.29. The minimum atomic E-state index is -4.40. The summed E-state index contributed by atoms with van der Waals surface area (Å²) in [7, 11) is -2.01. The number of likely N-dealkylation sites (N-methyl/N-ethyl adjacent to an activating group) is 1. The second kappa shape index (κ2) is 16.5. The lowest BCUT2D eigenvalue weighted by atomic mass is 10.0. The van der Waals surface area contributed by atoms with E-state index in [-0.39, 0.29) is 46.7 Å². The number of nitrogens with zero attached hydrogens (tertiary/aromatic N) is 2. The molecule has 48 heavy (non-hydrogen) atoms. The average molecular weight is 712 g/mol. The molecule has 264 valence electrons. The van der Waals surface area contributed by atoms with Crippen molar-refractivity contribution in [2.24, 2.45) is 5.92 Å². The molecule has 0 spiro atoms. The molecule has 1 amide bonds. The number of anilines is 1. The first kappa shape index (κ1) is 37.6. The summed E-state index contributed by atoms with van der Waals surface area (Å²) in [5.41, 5.74) is 0.382. The number of alkyl halides is 3. The Balaban J connectivity index is 1.60. The number of thiophene rings is 1. The number of fused-ring (bicyclic) bond motifs is 1. The van der Waals surface area contributed by atoms with Gasteiger partial charge in [-0.15, -0.1) is 11.3 Å². The Bertz CT molecular complexity index is 1590. The molecule has 4 rings (SSSR count). The molecule has 0 bridgehead atoms. The Kier molecular flexibility index (Phi) is 12.9. The van der Waals surface area contributed by atoms with Gasteiger partial charge in [0.2, 0.25) is 0 Å². The SMILES string of the molecule is C[C@H]1CCCCO[C@@H](CN(C)Cc2ccc(C(F)(F)F)cc2)[C@@H](C)CN([C@@H](C)CO)C(=O)c2cc(NS(=O)(=O)c3cccs3)ccc2O1. The van der Waals surface area contributed by atoms with E-state index in [9.17, 15) is 31.5 Å². The van der Waals surface area contributed by atoms with Crippen molar-refractivity contribution in [2.75, 3.05) is 38.1 Å². The Hall–Kier alpha value is -3.17. The summed E-state index contributed by atoms with van der Waals surface area (Å²) in [6, 6.07) is 12.3. The van der Waals surface area contributed by atoms with E-state index in [1.54, 1.807) is 35.4 Å². The van der Waals surface area contributed by atoms with Gasteiger partial charge >= 0.3 is 6.18 Å². The zero-order chi connectivity index (χ0) is 35.1. The summed E-state index contributed by atoms with van der Waals surface area (Å²) >= 11 is 1.08. The molecule has 1 aliphatic rings. The van der Waals surface area contributed by atoms with Crippen LogP contribution >= 0.6 is 11.3 Å². The molecule has 2 aromatic carbocycles. The lowest BCUT2D eigenvalue weighted by Gasteiger charge is -2.36. The third kappa shape index (κ3) is 10.2. The number of carbonyl (C=O) groups excluding carboxylic acids is 1. The van der Waals surface area contributed by atoms with Gasteiger partial charge in [-0.05, 0) is 87.5 Å². The zero-order valence-electron chi connectivity index (χ0n) is 27.6. The number of halogens is 3. The van der Waals surface area contributed by atoms with Crippen LogP contribution in [0.25, 0.3) is 0 Å². The second-order valence-corrected chi connectivity index (χ2v) is 15.3. The first-order chi connectivity index (χ1) is 22.7. The molecule has 0 unspecified atom stereocenters. The highest BCUT2D eigenvalue weighted by Crippen LogP contribution is 2.31. The molecule has 9 nitrogen and oxygen atoms in total. The first-order valence-electron chi connectivity index (χ1n) is 15.9. The lowest BCUT2D eigenvalue weighted by Crippen LogP contribution is -2.47. The van der Waals surface area contributed by atoms with Crippen LogP contribution in [-0.4, -0.2) is 80.8 Å². The maximum Gasteiger partial charge on any atom is 0.416 e. The van der Waals surface area contributed by atoms with Crippen molar-refractivity contribution in [3.63, 3.8) is 0 Å². The molecular weight excluding hydrogens is 668 g/mol. The minimum absolute atomic E-state index is 0.137. The number of carbonyl (C=O) groups is 1. The highest BCUT2D eigenvalue weighted by Gasteiger charge is 2.32. The van der Waals surface area contributed by atoms with Crippen LogP contribution in [0.1, 0.15) is 61.5 Å². The fraction of sp³-hybridized carbons (Fsp3) is 0.500. The van der Waals surface area contributed by atoms with Gasteiger partial charge < -0.3 is 19.5 Å². The van der Waals surface area contributed by atoms with E-state index in [2.05, 4.69) is 4.72 Å². The molecule has 14 heteroatoms. The highest BCUT2D eigenvalue weighted by atomic mass is 32.2. The van der Waals surface area contributed by atoms with Gasteiger partial charge in [-0.2, -0.15) is 13.2 Å². The van der Waals surface area contributed by atoms with Gasteiger partial charge in [0.05, 0.1) is 36.0 Å². The molecule has 0 saturated heterocycles. The normalized spacial score (nSPS) is 20.9. The number of amides is 1. The molecule has 1 aromatic heterocycles. The summed E-state index contributed by atoms with van der Waals surface area (Å²) in [4.78, 5) is 17.8. The van der Waals surface area contributed by atoms with Crippen LogP contribution in [0.15, 0.2) is 64.2 Å². The van der Waals surface area contributed by atoms with Gasteiger partial charge in [-0.1, -0.05) is 25.1 Å². The Morgan fingerprint density at radius 1 is 1.12 bits per heavy atom. The summed E-state index contributed by atoms with van der Waals surface area (Å²) in [6.45, 7) is 6.81. The van der Waals surface area contributed by atoms with Gasteiger partial charge in [0, 0.05) is 37.8 Å². The first-order valence-corrected chi connectivity index (χ1v) is 18.3. The summed E-state index contributed by atoms with van der Waals surface area (Å²) in [5, 5.41) is 11.8. The molecule has 2 heterocycles. The fourth-order valence-electron chi connectivity index (χ4n) is 5.55. The zero-order valence-corrected chi connectivity index (χ0v) is 29.2. The Morgan fingerprint density at radius 3 is 2.50 bits per heavy atom. The van der Waals surface area contributed by atoms with Crippen molar-refractivity contribution < 1.29 is 41.0 Å². The molecule has 4 atom stereocenters. The topological polar surface area (TPSA) is 108 Å². The largest absolute Gasteiger partial charge is 0.490 e. The van der Waals surface area contributed by atoms with Crippen LogP contribution in [0.5, 0.6) is 5.75 Å². The summed E-state index contributed by atoms with van der Waals surface area (Å²) < 4.78 is 80.4. The van der Waals surface area contributed by atoms with Gasteiger partial charge in [0.15, 0.2) is 0 Å². The van der Waals surface area contributed by atoms with Crippen molar-refractivity contribution in [1.29, 1.82) is 0 Å². The standard InChI is InChI=1S/C34H44F3N3O6S2/c1-23-19-40(24(2)22-41)33(42)29-18-28(38-48(43,44)32-9-7-17-47-32)14-15-30(29)46-25(3)8-5-6-16-45-31(23)21-39(4)20-26-10-12-27(13-11-26)34(35,36)37/h7,9-15,17-18,23-25,31,38,41H,5-6,8,16,19-22H2,1-4H3/t23-,24-,25-,31-/m0/s1. The second-order valence-electron chi connectivity index (χ2n) is 12.4. The van der Waals surface area contributed by atoms with Crippen LogP contribution in [-0.2, 0) is 27.5 Å². The van der Waals surface area contributed by atoms with E-state index >= 15 is 0 Å². The molecule has 2 N–H and O–H groups in total. The monoisotopic (exact) mass is 711 g/mol. The van der Waals surface area contributed by atoms with Crippen LogP contribution < -0.4 is 9.46 Å². The number of rotatable bonds is 9. The smallest absolute Gasteiger partial charge is 0.416 e. The number of benzene rings is 2. The van der Waals surface area contributed by atoms with Gasteiger partial charge in [-0.25, -0.2) is 8.42 Å². The number of hydrogen-bond donors (Lipinski definition) is 2. The number of aliphatic hydroxyl groups is 1. The Morgan fingerprint density at radius 2 is 1.85 bits per heavy atom. The van der Waals surface area contributed by atoms with E-state index in [0.29, 0.717) is 31.9 Å². The van der Waals surface area contributed by atoms with Crippen molar-refractivity contribution in [3.05, 3.63) is 76.7 Å². The Labute approximate surface area is 284 Å². The predicted octanol–water partition coefficient (Wildman–Crippen LogP) is 6.50. The number of aliphatic hydroxyl groups excluding tert-OH is 1.